The molecule has 94 valence electrons. The molecule has 0 radical (unpaired) electrons. The fraction of sp³-hybridized carbons (Fsp3) is 0.417. The second-order valence-corrected chi connectivity index (χ2v) is 4.85. The van der Waals surface area contributed by atoms with Gasteiger partial charge in [0.1, 0.15) is 11.3 Å². The number of carbonyl (C=O) groups is 1. The smallest absolute Gasteiger partial charge is 0.339 e. The van der Waals surface area contributed by atoms with E-state index in [-0.39, 0.29) is 5.56 Å². The minimum atomic E-state index is -0.993. The first-order valence-electron chi connectivity index (χ1n) is 5.40. The zero-order valence-corrected chi connectivity index (χ0v) is 11.2. The number of carboxylic acids is 1. The number of halogens is 1. The Morgan fingerprint density at radius 1 is 1.59 bits per heavy atom. The van der Waals surface area contributed by atoms with Crippen LogP contribution in [-0.2, 0) is 0 Å². The zero-order valence-electron chi connectivity index (χ0n) is 9.65. The molecule has 0 amide bonds. The normalized spacial score (nSPS) is 12.2. The lowest BCUT2D eigenvalue weighted by molar-refractivity contribution is 0.0691. The minimum absolute atomic E-state index is 0.166. The lowest BCUT2D eigenvalue weighted by Gasteiger charge is -2.13. The highest BCUT2D eigenvalue weighted by molar-refractivity contribution is 9.10. The summed E-state index contributed by atoms with van der Waals surface area (Å²) in [6.07, 6.45) is 0.860. The Kier molecular flexibility index (Phi) is 5.44. The van der Waals surface area contributed by atoms with Crippen molar-refractivity contribution in [1.29, 1.82) is 0 Å². The van der Waals surface area contributed by atoms with E-state index in [1.807, 2.05) is 6.92 Å². The molecule has 0 aliphatic rings. The number of hydrogen-bond donors (Lipinski definition) is 2. The Morgan fingerprint density at radius 2 is 2.29 bits per heavy atom. The van der Waals surface area contributed by atoms with Gasteiger partial charge in [-0.25, -0.2) is 4.79 Å². The van der Waals surface area contributed by atoms with Gasteiger partial charge in [0.25, 0.3) is 0 Å². The van der Waals surface area contributed by atoms with Gasteiger partial charge in [0.2, 0.25) is 0 Å². The van der Waals surface area contributed by atoms with E-state index in [9.17, 15) is 4.79 Å². The second-order valence-electron chi connectivity index (χ2n) is 3.94. The van der Waals surface area contributed by atoms with Crippen molar-refractivity contribution >= 4 is 21.9 Å². The summed E-state index contributed by atoms with van der Waals surface area (Å²) in [4.78, 5) is 11.0. The van der Waals surface area contributed by atoms with E-state index < -0.39 is 5.97 Å². The molecule has 0 aromatic heterocycles. The topological polar surface area (TPSA) is 72.5 Å². The monoisotopic (exact) mass is 301 g/mol. The van der Waals surface area contributed by atoms with Gasteiger partial charge in [-0.05, 0) is 37.1 Å². The maximum atomic E-state index is 11.0. The molecule has 1 atom stereocenters. The van der Waals surface area contributed by atoms with Gasteiger partial charge in [-0.2, -0.15) is 0 Å². The number of hydrogen-bond acceptors (Lipinski definition) is 3. The molecular formula is C12H16BrNO3. The van der Waals surface area contributed by atoms with Crippen molar-refractivity contribution in [2.24, 2.45) is 11.7 Å². The molecule has 0 spiro atoms. The SMILES string of the molecule is CC(CCN)COc1ccc(Br)cc1C(=O)O. The van der Waals surface area contributed by atoms with Crippen molar-refractivity contribution in [3.63, 3.8) is 0 Å². The highest BCUT2D eigenvalue weighted by Crippen LogP contribution is 2.23. The van der Waals surface area contributed by atoms with Crippen molar-refractivity contribution in [2.75, 3.05) is 13.2 Å². The molecular weight excluding hydrogens is 286 g/mol. The largest absolute Gasteiger partial charge is 0.492 e. The molecule has 1 aromatic carbocycles. The molecule has 1 aromatic rings. The van der Waals surface area contributed by atoms with E-state index in [2.05, 4.69) is 15.9 Å². The van der Waals surface area contributed by atoms with Gasteiger partial charge in [-0.3, -0.25) is 0 Å². The van der Waals surface area contributed by atoms with Crippen LogP contribution in [0, 0.1) is 5.92 Å². The van der Waals surface area contributed by atoms with Gasteiger partial charge in [0.05, 0.1) is 6.61 Å². The summed E-state index contributed by atoms with van der Waals surface area (Å²) in [5, 5.41) is 9.04. The summed E-state index contributed by atoms with van der Waals surface area (Å²) >= 11 is 3.23. The summed E-state index contributed by atoms with van der Waals surface area (Å²) in [6.45, 7) is 3.10. The van der Waals surface area contributed by atoms with Crippen LogP contribution in [0.15, 0.2) is 22.7 Å². The predicted octanol–water partition coefficient (Wildman–Crippen LogP) is 2.51. The summed E-state index contributed by atoms with van der Waals surface area (Å²) in [7, 11) is 0. The standard InChI is InChI=1S/C12H16BrNO3/c1-8(4-5-14)7-17-11-3-2-9(13)6-10(11)12(15)16/h2-3,6,8H,4-5,7,14H2,1H3,(H,15,16). The Labute approximate surface area is 109 Å². The van der Waals surface area contributed by atoms with Crippen LogP contribution in [0.4, 0.5) is 0 Å². The molecule has 0 saturated heterocycles. The highest BCUT2D eigenvalue weighted by Gasteiger charge is 2.12. The molecule has 3 N–H and O–H groups in total. The van der Waals surface area contributed by atoms with Gasteiger partial charge in [-0.1, -0.05) is 22.9 Å². The van der Waals surface area contributed by atoms with Crippen LogP contribution >= 0.6 is 15.9 Å². The molecule has 0 aliphatic heterocycles. The van der Waals surface area contributed by atoms with Gasteiger partial charge < -0.3 is 15.6 Å². The fourth-order valence-electron chi connectivity index (χ4n) is 1.40. The van der Waals surface area contributed by atoms with E-state index in [1.54, 1.807) is 12.1 Å². The molecule has 5 heteroatoms. The lowest BCUT2D eigenvalue weighted by atomic mass is 10.1. The molecule has 17 heavy (non-hydrogen) atoms. The molecule has 4 nitrogen and oxygen atoms in total. The van der Waals surface area contributed by atoms with Crippen LogP contribution in [0.25, 0.3) is 0 Å². The first kappa shape index (κ1) is 14.0. The Balaban J connectivity index is 2.73. The molecule has 0 aliphatic carbocycles. The highest BCUT2D eigenvalue weighted by atomic mass is 79.9. The number of aromatic carboxylic acids is 1. The van der Waals surface area contributed by atoms with Crippen LogP contribution < -0.4 is 10.5 Å². The van der Waals surface area contributed by atoms with Crippen molar-refractivity contribution in [3.8, 4) is 5.75 Å². The maximum Gasteiger partial charge on any atom is 0.339 e. The maximum absolute atomic E-state index is 11.0. The minimum Gasteiger partial charge on any atom is -0.492 e. The van der Waals surface area contributed by atoms with Gasteiger partial charge in [0.15, 0.2) is 0 Å². The molecule has 0 fully saturated rings. The van der Waals surface area contributed by atoms with Crippen molar-refractivity contribution in [1.82, 2.24) is 0 Å². The average Bonchev–Trinajstić information content (AvgIpc) is 2.27. The summed E-state index contributed by atoms with van der Waals surface area (Å²) in [6, 6.07) is 4.95. The van der Waals surface area contributed by atoms with Crippen molar-refractivity contribution in [3.05, 3.63) is 28.2 Å². The summed E-state index contributed by atoms with van der Waals surface area (Å²) in [5.41, 5.74) is 5.61. The number of rotatable bonds is 6. The van der Waals surface area contributed by atoms with Crippen LogP contribution in [0.3, 0.4) is 0 Å². The number of carboxylic acid groups (broad SMARTS) is 1. The van der Waals surface area contributed by atoms with E-state index in [0.717, 1.165) is 10.9 Å². The van der Waals surface area contributed by atoms with Crippen LogP contribution in [-0.4, -0.2) is 24.2 Å². The first-order valence-corrected chi connectivity index (χ1v) is 6.19. The van der Waals surface area contributed by atoms with Crippen LogP contribution in [0.2, 0.25) is 0 Å². The lowest BCUT2D eigenvalue weighted by Crippen LogP contribution is -2.14. The number of nitrogens with two attached hydrogens (primary N) is 1. The van der Waals surface area contributed by atoms with E-state index in [4.69, 9.17) is 15.6 Å². The third-order valence-electron chi connectivity index (χ3n) is 2.35. The third kappa shape index (κ3) is 4.36. The quantitative estimate of drug-likeness (QED) is 0.847. The first-order chi connectivity index (χ1) is 8.04. The zero-order chi connectivity index (χ0) is 12.8. The van der Waals surface area contributed by atoms with Crippen LogP contribution in [0.5, 0.6) is 5.75 Å². The molecule has 0 bridgehead atoms. The van der Waals surface area contributed by atoms with Gasteiger partial charge in [-0.15, -0.1) is 0 Å². The van der Waals surface area contributed by atoms with Crippen molar-refractivity contribution in [2.45, 2.75) is 13.3 Å². The van der Waals surface area contributed by atoms with E-state index in [0.29, 0.717) is 24.8 Å². The second kappa shape index (κ2) is 6.61. The predicted molar refractivity (Wildman–Crippen MR) is 69.4 cm³/mol. The molecule has 1 rings (SSSR count). The number of ether oxygens (including phenoxy) is 1. The number of benzene rings is 1. The Morgan fingerprint density at radius 3 is 2.88 bits per heavy atom. The third-order valence-corrected chi connectivity index (χ3v) is 2.85. The average molecular weight is 302 g/mol. The summed E-state index contributed by atoms with van der Waals surface area (Å²) in [5.74, 6) is -0.289. The summed E-state index contributed by atoms with van der Waals surface area (Å²) < 4.78 is 6.23. The fourth-order valence-corrected chi connectivity index (χ4v) is 1.76. The van der Waals surface area contributed by atoms with Gasteiger partial charge in [0, 0.05) is 4.47 Å². The Hall–Kier alpha value is -1.07. The molecule has 0 saturated carbocycles. The Bertz CT molecular complexity index is 395. The molecule has 1 unspecified atom stereocenters. The van der Waals surface area contributed by atoms with Crippen molar-refractivity contribution < 1.29 is 14.6 Å². The van der Waals surface area contributed by atoms with Crippen LogP contribution in [0.1, 0.15) is 23.7 Å². The van der Waals surface area contributed by atoms with E-state index in [1.165, 1.54) is 6.07 Å². The van der Waals surface area contributed by atoms with E-state index >= 15 is 0 Å². The molecule has 0 heterocycles. The van der Waals surface area contributed by atoms with Gasteiger partial charge >= 0.3 is 5.97 Å².